The molecule has 0 aliphatic heterocycles. The summed E-state index contributed by atoms with van der Waals surface area (Å²) in [7, 11) is 0. The molecule has 86 valence electrons. The third-order valence-corrected chi connectivity index (χ3v) is 2.62. The van der Waals surface area contributed by atoms with Crippen molar-refractivity contribution >= 4 is 0 Å². The maximum absolute atomic E-state index is 6.07. The van der Waals surface area contributed by atoms with Gasteiger partial charge in [0.2, 0.25) is 0 Å². The average Bonchev–Trinajstić information content (AvgIpc) is 1.78. The van der Waals surface area contributed by atoms with Crippen molar-refractivity contribution in [3.8, 4) is 0 Å². The van der Waals surface area contributed by atoms with Gasteiger partial charge in [0.15, 0.2) is 0 Å². The number of nitrogens with two attached hydrogens (primary N) is 1. The molecule has 14 heavy (non-hydrogen) atoms. The van der Waals surface area contributed by atoms with E-state index in [0.717, 1.165) is 12.3 Å². The Kier molecular flexibility index (Phi) is 5.14. The van der Waals surface area contributed by atoms with Crippen LogP contribution in [0.1, 0.15) is 67.2 Å². The molecule has 0 fully saturated rings. The van der Waals surface area contributed by atoms with Crippen LogP contribution in [-0.4, -0.2) is 5.54 Å². The molecule has 0 spiro atoms. The molecule has 1 heteroatoms. The third kappa shape index (κ3) is 7.37. The Morgan fingerprint density at radius 2 is 1.64 bits per heavy atom. The Morgan fingerprint density at radius 3 is 2.00 bits per heavy atom. The zero-order valence-electron chi connectivity index (χ0n) is 11.0. The van der Waals surface area contributed by atoms with Gasteiger partial charge in [0.05, 0.1) is 0 Å². The maximum atomic E-state index is 6.07. The van der Waals surface area contributed by atoms with Crippen LogP contribution in [0.4, 0.5) is 0 Å². The van der Waals surface area contributed by atoms with Crippen molar-refractivity contribution in [2.75, 3.05) is 0 Å². The zero-order chi connectivity index (χ0) is 11.4. The van der Waals surface area contributed by atoms with Gasteiger partial charge in [-0.1, -0.05) is 40.5 Å². The van der Waals surface area contributed by atoms with Crippen LogP contribution in [0.2, 0.25) is 0 Å². The molecule has 0 saturated carbocycles. The van der Waals surface area contributed by atoms with Gasteiger partial charge in [-0.05, 0) is 38.0 Å². The largest absolute Gasteiger partial charge is 0.326 e. The number of hydrogen-bond donors (Lipinski definition) is 1. The Labute approximate surface area is 90.5 Å². The summed E-state index contributed by atoms with van der Waals surface area (Å²) in [6, 6.07) is 0. The monoisotopic (exact) mass is 199 g/mol. The van der Waals surface area contributed by atoms with E-state index in [2.05, 4.69) is 41.5 Å². The van der Waals surface area contributed by atoms with E-state index in [1.807, 2.05) is 0 Å². The topological polar surface area (TPSA) is 26.0 Å². The predicted octanol–water partition coefficient (Wildman–Crippen LogP) is 3.97. The second-order valence-electron chi connectivity index (χ2n) is 6.43. The highest BCUT2D eigenvalue weighted by Gasteiger charge is 2.27. The Hall–Kier alpha value is -0.0400. The number of hydrogen-bond acceptors (Lipinski definition) is 1. The summed E-state index contributed by atoms with van der Waals surface area (Å²) in [5.41, 5.74) is 6.42. The van der Waals surface area contributed by atoms with Crippen LogP contribution >= 0.6 is 0 Å². The Balaban J connectivity index is 4.06. The van der Waals surface area contributed by atoms with E-state index in [-0.39, 0.29) is 5.54 Å². The molecule has 0 heterocycles. The highest BCUT2D eigenvalue weighted by atomic mass is 14.7. The minimum absolute atomic E-state index is 0.0323. The van der Waals surface area contributed by atoms with Gasteiger partial charge in [-0.25, -0.2) is 0 Å². The van der Waals surface area contributed by atoms with E-state index in [1.165, 1.54) is 19.3 Å². The summed E-state index contributed by atoms with van der Waals surface area (Å²) >= 11 is 0. The van der Waals surface area contributed by atoms with Crippen molar-refractivity contribution in [2.45, 2.75) is 72.8 Å². The molecule has 0 bridgehead atoms. The zero-order valence-corrected chi connectivity index (χ0v) is 11.0. The third-order valence-electron chi connectivity index (χ3n) is 2.62. The van der Waals surface area contributed by atoms with Gasteiger partial charge in [-0.2, -0.15) is 0 Å². The SMILES string of the molecule is CCCC(C)CC(C)(C)CC(C)(C)N. The van der Waals surface area contributed by atoms with Gasteiger partial charge in [-0.3, -0.25) is 0 Å². The van der Waals surface area contributed by atoms with Gasteiger partial charge in [0.1, 0.15) is 0 Å². The molecule has 0 saturated heterocycles. The van der Waals surface area contributed by atoms with Crippen molar-refractivity contribution in [2.24, 2.45) is 17.1 Å². The van der Waals surface area contributed by atoms with Crippen LogP contribution in [0.5, 0.6) is 0 Å². The molecule has 0 aliphatic carbocycles. The van der Waals surface area contributed by atoms with Crippen LogP contribution in [0.15, 0.2) is 0 Å². The summed E-state index contributed by atoms with van der Waals surface area (Å²) in [6.07, 6.45) is 5.03. The van der Waals surface area contributed by atoms with Gasteiger partial charge in [0.25, 0.3) is 0 Å². The standard InChI is InChI=1S/C13H29N/c1-7-8-11(2)9-12(3,4)10-13(5,6)14/h11H,7-10,14H2,1-6H3. The Morgan fingerprint density at radius 1 is 1.14 bits per heavy atom. The van der Waals surface area contributed by atoms with E-state index in [4.69, 9.17) is 5.73 Å². The first-order valence-electron chi connectivity index (χ1n) is 5.95. The quantitative estimate of drug-likeness (QED) is 0.688. The lowest BCUT2D eigenvalue weighted by molar-refractivity contribution is 0.204. The van der Waals surface area contributed by atoms with Crippen LogP contribution in [0.3, 0.4) is 0 Å². The molecule has 0 aromatic rings. The predicted molar refractivity (Wildman–Crippen MR) is 65.4 cm³/mol. The molecular weight excluding hydrogens is 170 g/mol. The van der Waals surface area contributed by atoms with Crippen LogP contribution in [0.25, 0.3) is 0 Å². The van der Waals surface area contributed by atoms with Crippen molar-refractivity contribution in [1.82, 2.24) is 0 Å². The van der Waals surface area contributed by atoms with Gasteiger partial charge in [-0.15, -0.1) is 0 Å². The molecule has 0 rings (SSSR count). The molecule has 2 N–H and O–H groups in total. The van der Waals surface area contributed by atoms with E-state index in [9.17, 15) is 0 Å². The number of rotatable bonds is 6. The lowest BCUT2D eigenvalue weighted by Crippen LogP contribution is -2.37. The van der Waals surface area contributed by atoms with E-state index in [0.29, 0.717) is 5.41 Å². The minimum atomic E-state index is -0.0323. The fourth-order valence-corrected chi connectivity index (χ4v) is 2.84. The summed E-state index contributed by atoms with van der Waals surface area (Å²) in [4.78, 5) is 0. The molecular formula is C13H29N. The molecule has 0 aromatic carbocycles. The normalized spacial score (nSPS) is 15.6. The highest BCUT2D eigenvalue weighted by Crippen LogP contribution is 2.34. The summed E-state index contributed by atoms with van der Waals surface area (Å²) in [5, 5.41) is 0. The van der Waals surface area contributed by atoms with Gasteiger partial charge in [0, 0.05) is 5.54 Å². The smallest absolute Gasteiger partial charge is 0.0102 e. The minimum Gasteiger partial charge on any atom is -0.326 e. The van der Waals surface area contributed by atoms with Crippen molar-refractivity contribution in [1.29, 1.82) is 0 Å². The van der Waals surface area contributed by atoms with E-state index in [1.54, 1.807) is 0 Å². The molecule has 0 amide bonds. The molecule has 1 unspecified atom stereocenters. The van der Waals surface area contributed by atoms with Crippen LogP contribution in [0, 0.1) is 11.3 Å². The fourth-order valence-electron chi connectivity index (χ4n) is 2.84. The van der Waals surface area contributed by atoms with Crippen LogP contribution in [-0.2, 0) is 0 Å². The lowest BCUT2D eigenvalue weighted by atomic mass is 9.74. The molecule has 1 atom stereocenters. The first-order valence-corrected chi connectivity index (χ1v) is 5.95. The maximum Gasteiger partial charge on any atom is 0.0102 e. The van der Waals surface area contributed by atoms with Gasteiger partial charge >= 0.3 is 0 Å². The second kappa shape index (κ2) is 5.16. The lowest BCUT2D eigenvalue weighted by Gasteiger charge is -2.34. The van der Waals surface area contributed by atoms with Crippen molar-refractivity contribution in [3.05, 3.63) is 0 Å². The van der Waals surface area contributed by atoms with E-state index < -0.39 is 0 Å². The first-order chi connectivity index (χ1) is 6.16. The van der Waals surface area contributed by atoms with Crippen molar-refractivity contribution < 1.29 is 0 Å². The average molecular weight is 199 g/mol. The summed E-state index contributed by atoms with van der Waals surface area (Å²) in [6.45, 7) is 13.5. The summed E-state index contributed by atoms with van der Waals surface area (Å²) in [5.74, 6) is 0.831. The molecule has 0 aliphatic rings. The first kappa shape index (κ1) is 14.0. The molecule has 1 nitrogen and oxygen atoms in total. The fraction of sp³-hybridized carbons (Fsp3) is 1.00. The van der Waals surface area contributed by atoms with Crippen LogP contribution < -0.4 is 5.73 Å². The summed E-state index contributed by atoms with van der Waals surface area (Å²) < 4.78 is 0. The van der Waals surface area contributed by atoms with E-state index >= 15 is 0 Å². The van der Waals surface area contributed by atoms with Gasteiger partial charge < -0.3 is 5.73 Å². The second-order valence-corrected chi connectivity index (χ2v) is 6.43. The molecule has 0 radical (unpaired) electrons. The van der Waals surface area contributed by atoms with Crippen molar-refractivity contribution in [3.63, 3.8) is 0 Å². The molecule has 0 aromatic heterocycles. The Bertz CT molecular complexity index is 153. The highest BCUT2D eigenvalue weighted by molar-refractivity contribution is 4.83.